The van der Waals surface area contributed by atoms with E-state index in [1.165, 1.54) is 43.5 Å². The Hall–Kier alpha value is -3.02. The summed E-state index contributed by atoms with van der Waals surface area (Å²) in [6, 6.07) is 11.5. The van der Waals surface area contributed by atoms with Gasteiger partial charge in [0.2, 0.25) is 0 Å². The second kappa shape index (κ2) is 6.37. The van der Waals surface area contributed by atoms with Crippen molar-refractivity contribution >= 4 is 23.3 Å². The molecule has 2 bridgehead atoms. The molecule has 1 heterocycles. The minimum atomic E-state index is -1.08. The van der Waals surface area contributed by atoms with Gasteiger partial charge in [0, 0.05) is 23.8 Å². The molecule has 6 nitrogen and oxygen atoms in total. The third-order valence-corrected chi connectivity index (χ3v) is 5.35. The highest BCUT2D eigenvalue weighted by molar-refractivity contribution is 6.08. The molecule has 134 valence electrons. The third kappa shape index (κ3) is 2.98. The number of aromatic carboxylic acids is 1. The van der Waals surface area contributed by atoms with E-state index in [1.807, 2.05) is 6.07 Å². The zero-order valence-electron chi connectivity index (χ0n) is 14.2. The van der Waals surface area contributed by atoms with Gasteiger partial charge in [0.05, 0.1) is 11.3 Å². The third-order valence-electron chi connectivity index (χ3n) is 5.35. The quantitative estimate of drug-likeness (QED) is 0.785. The molecule has 2 aliphatic rings. The first kappa shape index (κ1) is 16.4. The molecular weight excluding hydrogens is 332 g/mol. The fourth-order valence-corrected chi connectivity index (χ4v) is 4.05. The Kier molecular flexibility index (Phi) is 4.03. The number of phenols is 1. The number of anilines is 2. The van der Waals surface area contributed by atoms with E-state index in [0.29, 0.717) is 17.5 Å². The summed E-state index contributed by atoms with van der Waals surface area (Å²) >= 11 is 0. The summed E-state index contributed by atoms with van der Waals surface area (Å²) in [6.07, 6.45) is 3.62. The summed E-state index contributed by atoms with van der Waals surface area (Å²) in [5.74, 6) is -0.707. The van der Waals surface area contributed by atoms with E-state index < -0.39 is 11.9 Å². The van der Waals surface area contributed by atoms with Crippen LogP contribution >= 0.6 is 0 Å². The van der Waals surface area contributed by atoms with Crippen LogP contribution in [-0.2, 0) is 0 Å². The predicted molar refractivity (Wildman–Crippen MR) is 97.9 cm³/mol. The predicted octanol–water partition coefficient (Wildman–Crippen LogP) is 3.33. The van der Waals surface area contributed by atoms with Crippen molar-refractivity contribution in [3.8, 4) is 5.75 Å². The number of hydrogen-bond acceptors (Lipinski definition) is 4. The van der Waals surface area contributed by atoms with Crippen LogP contribution in [-0.4, -0.2) is 34.7 Å². The number of fused-ring (bicyclic) bond motifs is 2. The first-order valence-corrected chi connectivity index (χ1v) is 8.75. The van der Waals surface area contributed by atoms with E-state index >= 15 is 0 Å². The van der Waals surface area contributed by atoms with Crippen LogP contribution in [0.25, 0.3) is 0 Å². The number of carboxylic acid groups (broad SMARTS) is 1. The first-order valence-electron chi connectivity index (χ1n) is 8.75. The van der Waals surface area contributed by atoms with Gasteiger partial charge in [0.25, 0.3) is 5.91 Å². The van der Waals surface area contributed by atoms with Crippen molar-refractivity contribution in [2.45, 2.75) is 25.3 Å². The van der Waals surface area contributed by atoms with E-state index in [0.717, 1.165) is 12.2 Å². The lowest BCUT2D eigenvalue weighted by atomic mass is 10.1. The lowest BCUT2D eigenvalue weighted by Gasteiger charge is -2.29. The summed E-state index contributed by atoms with van der Waals surface area (Å²) in [4.78, 5) is 26.3. The second-order valence-corrected chi connectivity index (χ2v) is 7.02. The Morgan fingerprint density at radius 3 is 2.46 bits per heavy atom. The van der Waals surface area contributed by atoms with Gasteiger partial charge in [0.15, 0.2) is 0 Å². The van der Waals surface area contributed by atoms with Gasteiger partial charge >= 0.3 is 5.97 Å². The largest absolute Gasteiger partial charge is 0.508 e. The highest BCUT2D eigenvalue weighted by atomic mass is 16.4. The molecule has 3 N–H and O–H groups in total. The number of phenolic OH excluding ortho intramolecular Hbond substituents is 1. The first-order chi connectivity index (χ1) is 12.5. The molecule has 1 saturated carbocycles. The number of rotatable bonds is 4. The zero-order chi connectivity index (χ0) is 18.3. The summed E-state index contributed by atoms with van der Waals surface area (Å²) in [5, 5.41) is 21.5. The van der Waals surface area contributed by atoms with Crippen LogP contribution in [0.5, 0.6) is 5.75 Å². The number of piperidine rings is 1. The van der Waals surface area contributed by atoms with Gasteiger partial charge in [-0.1, -0.05) is 0 Å². The highest BCUT2D eigenvalue weighted by Crippen LogP contribution is 2.41. The molecule has 2 fully saturated rings. The summed E-state index contributed by atoms with van der Waals surface area (Å²) in [6.45, 7) is 0.989. The van der Waals surface area contributed by atoms with E-state index in [9.17, 15) is 19.8 Å². The van der Waals surface area contributed by atoms with Crippen LogP contribution < -0.4 is 10.2 Å². The van der Waals surface area contributed by atoms with Crippen LogP contribution in [0.3, 0.4) is 0 Å². The van der Waals surface area contributed by atoms with Crippen molar-refractivity contribution < 1.29 is 19.8 Å². The molecule has 4 rings (SSSR count). The minimum absolute atomic E-state index is 0.0604. The van der Waals surface area contributed by atoms with Gasteiger partial charge in [-0.3, -0.25) is 4.79 Å². The number of nitrogens with zero attached hydrogens (tertiary/aromatic N) is 1. The molecule has 1 aliphatic heterocycles. The summed E-state index contributed by atoms with van der Waals surface area (Å²) in [5.41, 5.74) is 1.65. The molecular formula is C20H20N2O4. The zero-order valence-corrected chi connectivity index (χ0v) is 14.2. The molecule has 1 aliphatic carbocycles. The van der Waals surface area contributed by atoms with Crippen molar-refractivity contribution in [2.24, 2.45) is 5.92 Å². The lowest BCUT2D eigenvalue weighted by Crippen LogP contribution is -2.32. The highest BCUT2D eigenvalue weighted by Gasteiger charge is 2.38. The monoisotopic (exact) mass is 352 g/mol. The van der Waals surface area contributed by atoms with Crippen LogP contribution in [0.15, 0.2) is 42.5 Å². The standard InChI is InChI=1S/C20H20N2O4/c23-16-6-2-13(3-7-16)19(24)21-18-10-15(5-8-17(18)20(25)26)22-11-12-1-4-14(22)9-12/h2-3,5-8,10,12,14,23H,1,4,9,11H2,(H,21,24)(H,25,26). The number of carbonyl (C=O) groups excluding carboxylic acids is 1. The number of carbonyl (C=O) groups is 2. The van der Waals surface area contributed by atoms with Gasteiger partial charge in [-0.05, 0) is 67.6 Å². The van der Waals surface area contributed by atoms with Crippen molar-refractivity contribution in [1.29, 1.82) is 0 Å². The van der Waals surface area contributed by atoms with Gasteiger partial charge in [0.1, 0.15) is 5.75 Å². The van der Waals surface area contributed by atoms with Crippen molar-refractivity contribution in [2.75, 3.05) is 16.8 Å². The van der Waals surface area contributed by atoms with E-state index in [2.05, 4.69) is 10.2 Å². The molecule has 2 aromatic carbocycles. The van der Waals surface area contributed by atoms with Crippen molar-refractivity contribution in [1.82, 2.24) is 0 Å². The topological polar surface area (TPSA) is 89.9 Å². The van der Waals surface area contributed by atoms with E-state index in [-0.39, 0.29) is 17.0 Å². The van der Waals surface area contributed by atoms with Crippen molar-refractivity contribution in [3.63, 3.8) is 0 Å². The Labute approximate surface area is 151 Å². The number of aromatic hydroxyl groups is 1. The molecule has 0 radical (unpaired) electrons. The maximum atomic E-state index is 12.5. The van der Waals surface area contributed by atoms with Crippen LogP contribution in [0, 0.1) is 5.92 Å². The molecule has 6 heteroatoms. The molecule has 1 saturated heterocycles. The molecule has 1 amide bonds. The SMILES string of the molecule is O=C(Nc1cc(N2CC3CCC2C3)ccc1C(=O)O)c1ccc(O)cc1. The Bertz CT molecular complexity index is 863. The van der Waals surface area contributed by atoms with E-state index in [4.69, 9.17) is 0 Å². The lowest BCUT2D eigenvalue weighted by molar-refractivity contribution is 0.0698. The average Bonchev–Trinajstić information content (AvgIpc) is 3.25. The Morgan fingerprint density at radius 1 is 1.08 bits per heavy atom. The number of nitrogens with one attached hydrogen (secondary N) is 1. The van der Waals surface area contributed by atoms with Crippen LogP contribution in [0.1, 0.15) is 40.0 Å². The van der Waals surface area contributed by atoms with Crippen LogP contribution in [0.2, 0.25) is 0 Å². The van der Waals surface area contributed by atoms with Gasteiger partial charge < -0.3 is 20.4 Å². The fourth-order valence-electron chi connectivity index (χ4n) is 4.05. The van der Waals surface area contributed by atoms with Gasteiger partial charge in [-0.15, -0.1) is 0 Å². The van der Waals surface area contributed by atoms with Crippen molar-refractivity contribution in [3.05, 3.63) is 53.6 Å². The number of benzene rings is 2. The Balaban J connectivity index is 1.62. The summed E-state index contributed by atoms with van der Waals surface area (Å²) in [7, 11) is 0. The minimum Gasteiger partial charge on any atom is -0.508 e. The number of hydrogen-bond donors (Lipinski definition) is 3. The Morgan fingerprint density at radius 2 is 1.85 bits per heavy atom. The molecule has 2 unspecified atom stereocenters. The van der Waals surface area contributed by atoms with Gasteiger partial charge in [-0.2, -0.15) is 0 Å². The molecule has 26 heavy (non-hydrogen) atoms. The molecule has 2 aromatic rings. The summed E-state index contributed by atoms with van der Waals surface area (Å²) < 4.78 is 0. The number of carboxylic acids is 1. The maximum Gasteiger partial charge on any atom is 0.337 e. The normalized spacial score (nSPS) is 21.0. The number of amides is 1. The van der Waals surface area contributed by atoms with E-state index in [1.54, 1.807) is 12.1 Å². The molecule has 2 atom stereocenters. The van der Waals surface area contributed by atoms with Gasteiger partial charge in [-0.25, -0.2) is 4.79 Å². The van der Waals surface area contributed by atoms with Crippen LogP contribution in [0.4, 0.5) is 11.4 Å². The second-order valence-electron chi connectivity index (χ2n) is 7.02. The maximum absolute atomic E-state index is 12.5. The fraction of sp³-hybridized carbons (Fsp3) is 0.300. The molecule has 0 spiro atoms. The average molecular weight is 352 g/mol. The smallest absolute Gasteiger partial charge is 0.337 e. The molecule has 0 aromatic heterocycles.